The molecule has 10 heteroatoms. The van der Waals surface area contributed by atoms with Gasteiger partial charge in [-0.25, -0.2) is 27.4 Å². The molecule has 0 fully saturated rings. The molecule has 30 heavy (non-hydrogen) atoms. The summed E-state index contributed by atoms with van der Waals surface area (Å²) in [5.41, 5.74) is 2.02. The summed E-state index contributed by atoms with van der Waals surface area (Å²) < 4.78 is 47.9. The summed E-state index contributed by atoms with van der Waals surface area (Å²) in [7, 11) is -3.77. The number of ether oxygens (including phenoxy) is 2. The number of rotatable bonds is 7. The second kappa shape index (κ2) is 8.64. The van der Waals surface area contributed by atoms with Crippen LogP contribution < -0.4 is 9.88 Å². The van der Waals surface area contributed by atoms with Gasteiger partial charge in [0, 0.05) is 0 Å². The van der Waals surface area contributed by atoms with Crippen molar-refractivity contribution in [2.24, 2.45) is 5.14 Å². The molecule has 1 heterocycles. The fraction of sp³-hybridized carbons (Fsp3) is 0.200. The first-order chi connectivity index (χ1) is 14.2. The summed E-state index contributed by atoms with van der Waals surface area (Å²) in [6, 6.07) is 11.3. The summed E-state index contributed by atoms with van der Waals surface area (Å²) in [5, 5.41) is 9.38. The SMILES string of the molecule is Cc1nn(-c2ccc(F)cc2)c(C)c1C(=O)OCCOc1ccc(S(N)(=O)=O)cc1. The number of nitrogens with two attached hydrogens (primary N) is 1. The Bertz CT molecular complexity index is 1160. The molecular formula is C20H20FN3O5S. The van der Waals surface area contributed by atoms with E-state index in [9.17, 15) is 17.6 Å². The summed E-state index contributed by atoms with van der Waals surface area (Å²) in [5.74, 6) is -0.499. The van der Waals surface area contributed by atoms with Crippen LogP contribution in [0.4, 0.5) is 4.39 Å². The fourth-order valence-electron chi connectivity index (χ4n) is 2.86. The number of hydrogen-bond acceptors (Lipinski definition) is 6. The van der Waals surface area contributed by atoms with Gasteiger partial charge in [0.25, 0.3) is 0 Å². The number of nitrogens with zero attached hydrogens (tertiary/aromatic N) is 2. The van der Waals surface area contributed by atoms with Crippen LogP contribution in [0.5, 0.6) is 5.75 Å². The predicted octanol–water partition coefficient (Wildman–Crippen LogP) is 2.51. The van der Waals surface area contributed by atoms with Gasteiger partial charge in [0.2, 0.25) is 10.0 Å². The Morgan fingerprint density at radius 3 is 2.30 bits per heavy atom. The monoisotopic (exact) mass is 433 g/mol. The van der Waals surface area contributed by atoms with Crippen LogP contribution in [0, 0.1) is 19.7 Å². The van der Waals surface area contributed by atoms with Crippen LogP contribution in [0.15, 0.2) is 53.4 Å². The van der Waals surface area contributed by atoms with E-state index in [0.29, 0.717) is 28.4 Å². The minimum absolute atomic E-state index is 0.0175. The first-order valence-electron chi connectivity index (χ1n) is 8.92. The van der Waals surface area contributed by atoms with Crippen molar-refractivity contribution in [1.82, 2.24) is 9.78 Å². The van der Waals surface area contributed by atoms with E-state index in [-0.39, 0.29) is 23.9 Å². The topological polar surface area (TPSA) is 114 Å². The lowest BCUT2D eigenvalue weighted by molar-refractivity contribution is 0.0448. The molecule has 0 atom stereocenters. The van der Waals surface area contributed by atoms with E-state index in [2.05, 4.69) is 5.10 Å². The molecule has 0 radical (unpaired) electrons. The highest BCUT2D eigenvalue weighted by molar-refractivity contribution is 7.89. The molecule has 0 unspecified atom stereocenters. The van der Waals surface area contributed by atoms with Crippen LogP contribution in [0.1, 0.15) is 21.7 Å². The summed E-state index contributed by atoms with van der Waals surface area (Å²) in [4.78, 5) is 12.5. The number of halogens is 1. The zero-order valence-corrected chi connectivity index (χ0v) is 17.1. The number of esters is 1. The molecule has 8 nitrogen and oxygen atoms in total. The molecule has 0 bridgehead atoms. The lowest BCUT2D eigenvalue weighted by Gasteiger charge is -2.08. The largest absolute Gasteiger partial charge is 0.490 e. The minimum atomic E-state index is -3.77. The molecule has 2 aromatic carbocycles. The van der Waals surface area contributed by atoms with Gasteiger partial charge in [0.15, 0.2) is 0 Å². The number of aromatic nitrogens is 2. The van der Waals surface area contributed by atoms with Gasteiger partial charge < -0.3 is 9.47 Å². The van der Waals surface area contributed by atoms with E-state index in [0.717, 1.165) is 0 Å². The van der Waals surface area contributed by atoms with Crippen molar-refractivity contribution >= 4 is 16.0 Å². The number of benzene rings is 2. The molecule has 0 saturated carbocycles. The van der Waals surface area contributed by atoms with Crippen LogP contribution in [-0.2, 0) is 14.8 Å². The van der Waals surface area contributed by atoms with Gasteiger partial charge in [0.1, 0.15) is 30.3 Å². The zero-order chi connectivity index (χ0) is 21.9. The van der Waals surface area contributed by atoms with Gasteiger partial charge in [0.05, 0.1) is 22.0 Å². The average Bonchev–Trinajstić information content (AvgIpc) is 2.99. The number of hydrogen-bond donors (Lipinski definition) is 1. The van der Waals surface area contributed by atoms with E-state index in [1.54, 1.807) is 30.7 Å². The number of primary sulfonamides is 1. The van der Waals surface area contributed by atoms with E-state index in [1.165, 1.54) is 36.4 Å². The van der Waals surface area contributed by atoms with Crippen molar-refractivity contribution in [3.63, 3.8) is 0 Å². The highest BCUT2D eigenvalue weighted by Gasteiger charge is 2.20. The second-order valence-corrected chi connectivity index (χ2v) is 8.00. The van der Waals surface area contributed by atoms with Crippen LogP contribution >= 0.6 is 0 Å². The maximum atomic E-state index is 13.1. The molecule has 3 aromatic rings. The van der Waals surface area contributed by atoms with Crippen LogP contribution in [-0.4, -0.2) is 37.4 Å². The van der Waals surface area contributed by atoms with Crippen LogP contribution in [0.25, 0.3) is 5.69 Å². The first-order valence-corrected chi connectivity index (χ1v) is 10.5. The van der Waals surface area contributed by atoms with Gasteiger partial charge in [-0.3, -0.25) is 0 Å². The van der Waals surface area contributed by atoms with Crippen molar-refractivity contribution in [3.8, 4) is 11.4 Å². The van der Waals surface area contributed by atoms with E-state index in [1.807, 2.05) is 0 Å². The second-order valence-electron chi connectivity index (χ2n) is 6.43. The molecule has 0 saturated heterocycles. The summed E-state index contributed by atoms with van der Waals surface area (Å²) in [6.45, 7) is 3.47. The van der Waals surface area contributed by atoms with Gasteiger partial charge in [-0.1, -0.05) is 0 Å². The molecule has 0 aliphatic carbocycles. The Labute approximate surface area is 173 Å². The minimum Gasteiger partial charge on any atom is -0.490 e. The van der Waals surface area contributed by atoms with E-state index >= 15 is 0 Å². The highest BCUT2D eigenvalue weighted by Crippen LogP contribution is 2.19. The third kappa shape index (κ3) is 4.84. The summed E-state index contributed by atoms with van der Waals surface area (Å²) >= 11 is 0. The average molecular weight is 433 g/mol. The predicted molar refractivity (Wildman–Crippen MR) is 107 cm³/mol. The van der Waals surface area contributed by atoms with Crippen molar-refractivity contribution < 1.29 is 27.1 Å². The van der Waals surface area contributed by atoms with Crippen LogP contribution in [0.3, 0.4) is 0 Å². The lowest BCUT2D eigenvalue weighted by atomic mass is 10.2. The molecule has 0 amide bonds. The number of carbonyl (C=O) groups excluding carboxylic acids is 1. The Morgan fingerprint density at radius 1 is 1.07 bits per heavy atom. The molecule has 2 N–H and O–H groups in total. The Hall–Kier alpha value is -3.24. The summed E-state index contributed by atoms with van der Waals surface area (Å²) in [6.07, 6.45) is 0. The Kier molecular flexibility index (Phi) is 6.18. The molecule has 1 aromatic heterocycles. The zero-order valence-electron chi connectivity index (χ0n) is 16.3. The molecular weight excluding hydrogens is 413 g/mol. The smallest absolute Gasteiger partial charge is 0.342 e. The standard InChI is InChI=1S/C20H20FN3O5S/c1-13-19(14(2)24(23-13)16-5-3-15(21)4-6-16)20(25)29-12-11-28-17-7-9-18(10-8-17)30(22,26)27/h3-10H,11-12H2,1-2H3,(H2,22,26,27). The van der Waals surface area contributed by atoms with Gasteiger partial charge >= 0.3 is 5.97 Å². The maximum absolute atomic E-state index is 13.1. The first kappa shape index (κ1) is 21.5. The van der Waals surface area contributed by atoms with Crippen LogP contribution in [0.2, 0.25) is 0 Å². The molecule has 0 aliphatic heterocycles. The highest BCUT2D eigenvalue weighted by atomic mass is 32.2. The van der Waals surface area contributed by atoms with Crippen molar-refractivity contribution in [2.45, 2.75) is 18.7 Å². The van der Waals surface area contributed by atoms with E-state index in [4.69, 9.17) is 14.6 Å². The third-order valence-electron chi connectivity index (χ3n) is 4.30. The molecule has 3 rings (SSSR count). The van der Waals surface area contributed by atoms with Crippen molar-refractivity contribution in [3.05, 3.63) is 71.3 Å². The van der Waals surface area contributed by atoms with Crippen molar-refractivity contribution in [2.75, 3.05) is 13.2 Å². The normalized spacial score (nSPS) is 11.3. The molecule has 0 spiro atoms. The number of sulfonamides is 1. The van der Waals surface area contributed by atoms with Gasteiger partial charge in [-0.05, 0) is 62.4 Å². The third-order valence-corrected chi connectivity index (χ3v) is 5.23. The van der Waals surface area contributed by atoms with Crippen molar-refractivity contribution in [1.29, 1.82) is 0 Å². The molecule has 158 valence electrons. The fourth-order valence-corrected chi connectivity index (χ4v) is 3.38. The van der Waals surface area contributed by atoms with Gasteiger partial charge in [-0.15, -0.1) is 0 Å². The van der Waals surface area contributed by atoms with E-state index < -0.39 is 16.0 Å². The lowest BCUT2D eigenvalue weighted by Crippen LogP contribution is -2.14. The quantitative estimate of drug-likeness (QED) is 0.452. The molecule has 0 aliphatic rings. The maximum Gasteiger partial charge on any atom is 0.342 e. The number of aryl methyl sites for hydroxylation is 1. The number of carbonyl (C=O) groups is 1. The Morgan fingerprint density at radius 2 is 1.70 bits per heavy atom. The Balaban J connectivity index is 1.59. The van der Waals surface area contributed by atoms with Gasteiger partial charge in [-0.2, -0.15) is 5.10 Å².